The van der Waals surface area contributed by atoms with Crippen LogP contribution in [0.5, 0.6) is 17.2 Å². The van der Waals surface area contributed by atoms with E-state index in [2.05, 4.69) is 20.9 Å². The molecule has 0 unspecified atom stereocenters. The molecule has 1 aliphatic heterocycles. The number of aromatic carboxylic acids is 1. The molecule has 1 aromatic heterocycles. The van der Waals surface area contributed by atoms with Crippen LogP contribution in [0.25, 0.3) is 6.08 Å². The molecule has 1 atom stereocenters. The minimum atomic E-state index is -0.999. The van der Waals surface area contributed by atoms with E-state index in [4.69, 9.17) is 18.9 Å². The third-order valence-electron chi connectivity index (χ3n) is 7.07. The number of halogens is 1. The van der Waals surface area contributed by atoms with Crippen molar-refractivity contribution in [2.75, 3.05) is 20.8 Å². The summed E-state index contributed by atoms with van der Waals surface area (Å²) in [6.07, 6.45) is 1.76. The molecule has 5 rings (SSSR count). The zero-order valence-corrected chi connectivity index (χ0v) is 27.2. The number of nitrogens with zero attached hydrogens (tertiary/aromatic N) is 2. The number of carbonyl (C=O) groups excluding carboxylic acids is 1. The topological polar surface area (TPSA) is 126 Å². The molecule has 1 aliphatic rings. The molecule has 232 valence electrons. The fourth-order valence-electron chi connectivity index (χ4n) is 4.94. The largest absolute Gasteiger partial charge is 0.493 e. The van der Waals surface area contributed by atoms with Crippen LogP contribution in [0.1, 0.15) is 46.9 Å². The van der Waals surface area contributed by atoms with Crippen LogP contribution >= 0.6 is 27.3 Å². The van der Waals surface area contributed by atoms with Gasteiger partial charge in [-0.1, -0.05) is 51.5 Å². The number of ether oxygens (including phenoxy) is 4. The lowest BCUT2D eigenvalue weighted by molar-refractivity contribution is -0.139. The van der Waals surface area contributed by atoms with Gasteiger partial charge in [-0.05, 0) is 73.0 Å². The quantitative estimate of drug-likeness (QED) is 0.234. The molecule has 10 nitrogen and oxygen atoms in total. The molecule has 12 heteroatoms. The molecule has 0 aliphatic carbocycles. The third-order valence-corrected chi connectivity index (χ3v) is 8.74. The second-order valence-corrected chi connectivity index (χ2v) is 11.8. The van der Waals surface area contributed by atoms with Crippen LogP contribution in [0.2, 0.25) is 0 Å². The zero-order valence-electron chi connectivity index (χ0n) is 24.8. The number of thiazole rings is 1. The minimum absolute atomic E-state index is 0.161. The lowest BCUT2D eigenvalue weighted by Gasteiger charge is -2.26. The van der Waals surface area contributed by atoms with Crippen molar-refractivity contribution in [3.05, 3.63) is 118 Å². The van der Waals surface area contributed by atoms with Gasteiger partial charge in [0.2, 0.25) is 0 Å². The van der Waals surface area contributed by atoms with Crippen LogP contribution in [-0.2, 0) is 16.1 Å². The predicted molar refractivity (Wildman–Crippen MR) is 172 cm³/mol. The van der Waals surface area contributed by atoms with E-state index in [0.717, 1.165) is 11.1 Å². The van der Waals surface area contributed by atoms with Gasteiger partial charge in [0.15, 0.2) is 16.3 Å². The first-order valence-corrected chi connectivity index (χ1v) is 15.4. The Kier molecular flexibility index (Phi) is 9.54. The summed E-state index contributed by atoms with van der Waals surface area (Å²) in [7, 11) is 3.04. The Balaban J connectivity index is 1.52. The van der Waals surface area contributed by atoms with Gasteiger partial charge in [-0.2, -0.15) is 0 Å². The monoisotopic (exact) mass is 692 g/mol. The molecule has 0 saturated heterocycles. The lowest BCUT2D eigenvalue weighted by Crippen LogP contribution is -2.40. The number of rotatable bonds is 10. The fourth-order valence-corrected chi connectivity index (χ4v) is 6.52. The molecular formula is C33H29BrN2O8S. The van der Waals surface area contributed by atoms with E-state index < -0.39 is 18.0 Å². The number of fused-ring (bicyclic) bond motifs is 1. The fraction of sp³-hybridized carbons (Fsp3) is 0.212. The van der Waals surface area contributed by atoms with Gasteiger partial charge >= 0.3 is 11.9 Å². The number of hydrogen-bond donors (Lipinski definition) is 1. The second-order valence-electron chi connectivity index (χ2n) is 9.89. The number of methoxy groups -OCH3 is 2. The number of esters is 1. The van der Waals surface area contributed by atoms with Crippen LogP contribution in [0.4, 0.5) is 0 Å². The van der Waals surface area contributed by atoms with Crippen molar-refractivity contribution in [3.63, 3.8) is 0 Å². The number of carboxylic acid groups (broad SMARTS) is 1. The Bertz CT molecular complexity index is 2000. The smallest absolute Gasteiger partial charge is 0.338 e. The molecule has 0 bridgehead atoms. The van der Waals surface area contributed by atoms with E-state index in [9.17, 15) is 19.5 Å². The summed E-state index contributed by atoms with van der Waals surface area (Å²) >= 11 is 4.82. The SMILES string of the molecule is CCOC(=O)C1=C(C)N=c2s/c(=C\c3ccc(OCc4cccc(C(=O)O)c4)cc3)c(=O)n2[C@H]1c1cc(OC)c(OC)cc1Br. The molecule has 4 aromatic rings. The molecule has 1 N–H and O–H groups in total. The molecule has 45 heavy (non-hydrogen) atoms. The zero-order chi connectivity index (χ0) is 32.2. The molecule has 0 radical (unpaired) electrons. The van der Waals surface area contributed by atoms with Gasteiger partial charge in [-0.25, -0.2) is 14.6 Å². The van der Waals surface area contributed by atoms with Gasteiger partial charge in [0.1, 0.15) is 12.4 Å². The Morgan fingerprint density at radius 2 is 1.78 bits per heavy atom. The van der Waals surface area contributed by atoms with Crippen molar-refractivity contribution in [3.8, 4) is 17.2 Å². The summed E-state index contributed by atoms with van der Waals surface area (Å²) in [4.78, 5) is 43.6. The van der Waals surface area contributed by atoms with Crippen LogP contribution in [-0.4, -0.2) is 42.4 Å². The molecule has 0 spiro atoms. The van der Waals surface area contributed by atoms with Gasteiger partial charge in [0.25, 0.3) is 5.56 Å². The summed E-state index contributed by atoms with van der Waals surface area (Å²) in [5.41, 5.74) is 2.66. The van der Waals surface area contributed by atoms with Gasteiger partial charge in [0, 0.05) is 4.47 Å². The summed E-state index contributed by atoms with van der Waals surface area (Å²) in [5, 5.41) is 9.21. The maximum Gasteiger partial charge on any atom is 0.338 e. The van der Waals surface area contributed by atoms with Gasteiger partial charge in [-0.15, -0.1) is 0 Å². The predicted octanol–water partition coefficient (Wildman–Crippen LogP) is 4.86. The second kappa shape index (κ2) is 13.5. The van der Waals surface area contributed by atoms with Gasteiger partial charge in [0.05, 0.1) is 48.2 Å². The maximum atomic E-state index is 14.0. The van der Waals surface area contributed by atoms with E-state index in [-0.39, 0.29) is 29.9 Å². The van der Waals surface area contributed by atoms with Gasteiger partial charge in [-0.3, -0.25) is 9.36 Å². The molecule has 0 saturated carbocycles. The highest BCUT2D eigenvalue weighted by molar-refractivity contribution is 9.10. The summed E-state index contributed by atoms with van der Waals surface area (Å²) in [6, 6.07) is 16.4. The third kappa shape index (κ3) is 6.57. The Hall–Kier alpha value is -4.68. The first kappa shape index (κ1) is 31.7. The van der Waals surface area contributed by atoms with Crippen LogP contribution in [0.3, 0.4) is 0 Å². The van der Waals surface area contributed by atoms with E-state index in [1.807, 2.05) is 12.1 Å². The van der Waals surface area contributed by atoms with E-state index in [1.165, 1.54) is 36.2 Å². The Morgan fingerprint density at radius 3 is 2.44 bits per heavy atom. The normalized spacial score (nSPS) is 14.4. The van der Waals surface area contributed by atoms with Crippen molar-refractivity contribution < 1.29 is 33.6 Å². The lowest BCUT2D eigenvalue weighted by atomic mass is 9.95. The van der Waals surface area contributed by atoms with Crippen molar-refractivity contribution >= 4 is 45.3 Å². The first-order valence-electron chi connectivity index (χ1n) is 13.8. The number of aromatic nitrogens is 1. The van der Waals surface area contributed by atoms with Crippen LogP contribution in [0.15, 0.2) is 86.2 Å². The van der Waals surface area contributed by atoms with Crippen LogP contribution in [0, 0.1) is 0 Å². The van der Waals surface area contributed by atoms with Crippen molar-refractivity contribution in [2.24, 2.45) is 4.99 Å². The average Bonchev–Trinajstić information content (AvgIpc) is 3.33. The number of carboxylic acids is 1. The highest BCUT2D eigenvalue weighted by Gasteiger charge is 2.35. The Labute approximate surface area is 270 Å². The number of allylic oxidation sites excluding steroid dienone is 1. The number of hydrogen-bond acceptors (Lipinski definition) is 9. The first-order chi connectivity index (χ1) is 21.6. The van der Waals surface area contributed by atoms with E-state index in [1.54, 1.807) is 62.4 Å². The molecule has 0 amide bonds. The molecule has 3 aromatic carbocycles. The van der Waals surface area contributed by atoms with Crippen LogP contribution < -0.4 is 29.1 Å². The van der Waals surface area contributed by atoms with E-state index >= 15 is 0 Å². The molecule has 0 fully saturated rings. The number of carbonyl (C=O) groups is 2. The molecular weight excluding hydrogens is 664 g/mol. The highest BCUT2D eigenvalue weighted by Crippen LogP contribution is 2.40. The minimum Gasteiger partial charge on any atom is -0.493 e. The Morgan fingerprint density at radius 1 is 1.07 bits per heavy atom. The van der Waals surface area contributed by atoms with Crippen molar-refractivity contribution in [1.82, 2.24) is 4.57 Å². The van der Waals surface area contributed by atoms with Crippen molar-refractivity contribution in [1.29, 1.82) is 0 Å². The standard InChI is InChI=1S/C33H29BrN2O8S/c1-5-43-32(40)28-18(2)35-33-36(29(28)23-15-25(41-3)26(42-4)16-24(23)34)30(37)27(45-33)14-19-9-11-22(12-10-19)44-17-20-7-6-8-21(13-20)31(38)39/h6-16,29H,5,17H2,1-4H3,(H,38,39)/b27-14-/t29-/m0/s1. The summed E-state index contributed by atoms with van der Waals surface area (Å²) < 4.78 is 24.7. The van der Waals surface area contributed by atoms with Gasteiger partial charge < -0.3 is 24.1 Å². The maximum absolute atomic E-state index is 14.0. The summed E-state index contributed by atoms with van der Waals surface area (Å²) in [5.74, 6) is -0.0542. The average molecular weight is 694 g/mol. The van der Waals surface area contributed by atoms with E-state index in [0.29, 0.717) is 42.3 Å². The molecule has 2 heterocycles. The van der Waals surface area contributed by atoms with Crippen molar-refractivity contribution in [2.45, 2.75) is 26.5 Å². The number of benzene rings is 3. The highest BCUT2D eigenvalue weighted by atomic mass is 79.9. The summed E-state index contributed by atoms with van der Waals surface area (Å²) in [6.45, 7) is 3.81.